The van der Waals surface area contributed by atoms with Crippen LogP contribution in [0.4, 0.5) is 0 Å². The molecule has 3 aromatic carbocycles. The van der Waals surface area contributed by atoms with Crippen molar-refractivity contribution < 1.29 is 17.9 Å². The summed E-state index contributed by atoms with van der Waals surface area (Å²) in [5, 5.41) is 3.05. The van der Waals surface area contributed by atoms with Gasteiger partial charge in [-0.2, -0.15) is 0 Å². The number of nitrogens with one attached hydrogen (secondary N) is 1. The number of amides is 1. The second-order valence-electron chi connectivity index (χ2n) is 6.97. The summed E-state index contributed by atoms with van der Waals surface area (Å²) in [6, 6.07) is 22.6. The highest BCUT2D eigenvalue weighted by Gasteiger charge is 2.23. The van der Waals surface area contributed by atoms with Crippen LogP contribution in [0, 0.1) is 0 Å². The molecule has 0 aromatic heterocycles. The molecule has 29 heavy (non-hydrogen) atoms. The van der Waals surface area contributed by atoms with E-state index in [1.54, 1.807) is 54.6 Å². The molecule has 3 aromatic rings. The molecule has 0 saturated heterocycles. The van der Waals surface area contributed by atoms with Gasteiger partial charge in [0.05, 0.1) is 23.3 Å². The number of hydrogen-bond acceptors (Lipinski definition) is 4. The van der Waals surface area contributed by atoms with Crippen molar-refractivity contribution in [2.24, 2.45) is 0 Å². The third kappa shape index (κ3) is 4.32. The lowest BCUT2D eigenvalue weighted by Crippen LogP contribution is -2.32. The van der Waals surface area contributed by atoms with E-state index in [0.29, 0.717) is 29.1 Å². The van der Waals surface area contributed by atoms with E-state index in [1.807, 2.05) is 24.3 Å². The number of para-hydroxylation sites is 1. The van der Waals surface area contributed by atoms with Crippen LogP contribution < -0.4 is 10.1 Å². The van der Waals surface area contributed by atoms with Crippen LogP contribution in [0.2, 0.25) is 0 Å². The van der Waals surface area contributed by atoms with Gasteiger partial charge in [0.2, 0.25) is 0 Å². The molecular formula is C23H21NO4S. The van der Waals surface area contributed by atoms with E-state index in [9.17, 15) is 13.2 Å². The molecule has 1 amide bonds. The molecule has 1 N–H and O–H groups in total. The number of ether oxygens (including phenoxy) is 1. The maximum atomic E-state index is 12.7. The lowest BCUT2D eigenvalue weighted by atomic mass is 10.00. The molecule has 1 unspecified atom stereocenters. The van der Waals surface area contributed by atoms with Crippen LogP contribution in [-0.4, -0.2) is 20.9 Å². The molecule has 1 heterocycles. The molecule has 0 fully saturated rings. The third-order valence-electron chi connectivity index (χ3n) is 4.94. The summed E-state index contributed by atoms with van der Waals surface area (Å²) >= 11 is 0. The van der Waals surface area contributed by atoms with Gasteiger partial charge in [0.1, 0.15) is 5.75 Å². The van der Waals surface area contributed by atoms with Crippen molar-refractivity contribution in [2.75, 3.05) is 6.61 Å². The molecular weight excluding hydrogens is 386 g/mol. The molecule has 1 aliphatic rings. The zero-order valence-corrected chi connectivity index (χ0v) is 16.6. The lowest BCUT2D eigenvalue weighted by molar-refractivity contribution is 0.0925. The van der Waals surface area contributed by atoms with Gasteiger partial charge in [-0.1, -0.05) is 48.5 Å². The van der Waals surface area contributed by atoms with Gasteiger partial charge >= 0.3 is 0 Å². The molecule has 0 radical (unpaired) electrons. The van der Waals surface area contributed by atoms with Crippen molar-refractivity contribution in [1.82, 2.24) is 5.32 Å². The third-order valence-corrected chi connectivity index (χ3v) is 6.64. The first-order valence-electron chi connectivity index (χ1n) is 9.42. The van der Waals surface area contributed by atoms with Crippen molar-refractivity contribution in [3.63, 3.8) is 0 Å². The first-order chi connectivity index (χ1) is 14.0. The molecule has 1 atom stereocenters. The molecule has 4 rings (SSSR count). The van der Waals surface area contributed by atoms with Crippen molar-refractivity contribution in [3.05, 3.63) is 95.6 Å². The topological polar surface area (TPSA) is 72.5 Å². The number of benzene rings is 3. The summed E-state index contributed by atoms with van der Waals surface area (Å²) in [5.41, 5.74) is 2.11. The quantitative estimate of drug-likeness (QED) is 0.696. The Morgan fingerprint density at radius 3 is 2.38 bits per heavy atom. The van der Waals surface area contributed by atoms with Crippen LogP contribution in [0.1, 0.15) is 33.9 Å². The van der Waals surface area contributed by atoms with Gasteiger partial charge in [-0.05, 0) is 35.9 Å². The Labute approximate surface area is 170 Å². The van der Waals surface area contributed by atoms with Gasteiger partial charge in [-0.25, -0.2) is 8.42 Å². The molecule has 5 nitrogen and oxygen atoms in total. The van der Waals surface area contributed by atoms with E-state index in [0.717, 1.165) is 11.3 Å². The highest BCUT2D eigenvalue weighted by atomic mass is 32.2. The zero-order valence-electron chi connectivity index (χ0n) is 15.7. The standard InChI is InChI=1S/C23H21NO4S/c25-23(24-21-14-15-28-22-9-5-4-8-20(21)22)18-12-10-17(11-13-18)16-29(26,27)19-6-2-1-3-7-19/h1-13,21H,14-16H2,(H,24,25). The Balaban J connectivity index is 1.45. The number of carbonyl (C=O) groups excluding carboxylic acids is 1. The molecule has 0 aliphatic carbocycles. The Kier molecular flexibility index (Phi) is 5.36. The van der Waals surface area contributed by atoms with Crippen LogP contribution in [0.25, 0.3) is 0 Å². The summed E-state index contributed by atoms with van der Waals surface area (Å²) < 4.78 is 30.6. The van der Waals surface area contributed by atoms with Crippen LogP contribution in [0.3, 0.4) is 0 Å². The molecule has 6 heteroatoms. The smallest absolute Gasteiger partial charge is 0.251 e. The predicted octanol–water partition coefficient (Wildman–Crippen LogP) is 3.91. The van der Waals surface area contributed by atoms with Gasteiger partial charge < -0.3 is 10.1 Å². The summed E-state index contributed by atoms with van der Waals surface area (Å²) in [7, 11) is -3.42. The number of rotatable bonds is 5. The Hall–Kier alpha value is -3.12. The normalized spacial score (nSPS) is 15.8. The van der Waals surface area contributed by atoms with Gasteiger partial charge in [-0.15, -0.1) is 0 Å². The summed E-state index contributed by atoms with van der Waals surface area (Å²) in [6.07, 6.45) is 0.705. The first kappa shape index (κ1) is 19.2. The number of carbonyl (C=O) groups is 1. The Morgan fingerprint density at radius 2 is 1.62 bits per heavy atom. The summed E-state index contributed by atoms with van der Waals surface area (Å²) in [4.78, 5) is 13.0. The fraction of sp³-hybridized carbons (Fsp3) is 0.174. The summed E-state index contributed by atoms with van der Waals surface area (Å²) in [5.74, 6) is 0.501. The number of sulfone groups is 1. The second kappa shape index (κ2) is 8.09. The minimum absolute atomic E-state index is 0.105. The largest absolute Gasteiger partial charge is 0.493 e. The fourth-order valence-corrected chi connectivity index (χ4v) is 4.79. The number of hydrogen-bond donors (Lipinski definition) is 1. The van der Waals surface area contributed by atoms with Crippen LogP contribution in [0.5, 0.6) is 5.75 Å². The van der Waals surface area contributed by atoms with Crippen molar-refractivity contribution in [2.45, 2.75) is 23.1 Å². The van der Waals surface area contributed by atoms with Crippen LogP contribution >= 0.6 is 0 Å². The van der Waals surface area contributed by atoms with Gasteiger partial charge in [-0.3, -0.25) is 4.79 Å². The Bertz CT molecular complexity index is 1110. The van der Waals surface area contributed by atoms with Crippen molar-refractivity contribution in [1.29, 1.82) is 0 Å². The number of fused-ring (bicyclic) bond motifs is 1. The van der Waals surface area contributed by atoms with E-state index in [2.05, 4.69) is 5.32 Å². The molecule has 1 aliphatic heterocycles. The molecule has 0 spiro atoms. The average Bonchev–Trinajstić information content (AvgIpc) is 2.75. The van der Waals surface area contributed by atoms with Crippen molar-refractivity contribution in [3.8, 4) is 5.75 Å². The van der Waals surface area contributed by atoms with Gasteiger partial charge in [0, 0.05) is 17.5 Å². The lowest BCUT2D eigenvalue weighted by Gasteiger charge is -2.26. The zero-order chi connectivity index (χ0) is 20.3. The Morgan fingerprint density at radius 1 is 0.931 bits per heavy atom. The van der Waals surface area contributed by atoms with E-state index >= 15 is 0 Å². The highest BCUT2D eigenvalue weighted by molar-refractivity contribution is 7.90. The van der Waals surface area contributed by atoms with E-state index in [-0.39, 0.29) is 17.7 Å². The maximum absolute atomic E-state index is 12.7. The van der Waals surface area contributed by atoms with Gasteiger partial charge in [0.25, 0.3) is 5.91 Å². The van der Waals surface area contributed by atoms with Crippen LogP contribution in [-0.2, 0) is 15.6 Å². The van der Waals surface area contributed by atoms with E-state index < -0.39 is 9.84 Å². The molecule has 148 valence electrons. The predicted molar refractivity (Wildman–Crippen MR) is 111 cm³/mol. The summed E-state index contributed by atoms with van der Waals surface area (Å²) in [6.45, 7) is 0.554. The van der Waals surface area contributed by atoms with E-state index in [4.69, 9.17) is 4.74 Å². The van der Waals surface area contributed by atoms with E-state index in [1.165, 1.54) is 0 Å². The SMILES string of the molecule is O=C(NC1CCOc2ccccc21)c1ccc(CS(=O)(=O)c2ccccc2)cc1. The second-order valence-corrected chi connectivity index (χ2v) is 8.96. The van der Waals surface area contributed by atoms with Crippen LogP contribution in [0.15, 0.2) is 83.8 Å². The first-order valence-corrected chi connectivity index (χ1v) is 11.1. The highest BCUT2D eigenvalue weighted by Crippen LogP contribution is 2.31. The average molecular weight is 407 g/mol. The van der Waals surface area contributed by atoms with Crippen molar-refractivity contribution >= 4 is 15.7 Å². The molecule has 0 bridgehead atoms. The fourth-order valence-electron chi connectivity index (χ4n) is 3.42. The molecule has 0 saturated carbocycles. The minimum Gasteiger partial charge on any atom is -0.493 e. The maximum Gasteiger partial charge on any atom is 0.251 e. The monoisotopic (exact) mass is 407 g/mol. The van der Waals surface area contributed by atoms with Gasteiger partial charge in [0.15, 0.2) is 9.84 Å². The minimum atomic E-state index is -3.42.